The second kappa shape index (κ2) is 7.56. The molecule has 0 amide bonds. The van der Waals surface area contributed by atoms with E-state index in [2.05, 4.69) is 68.2 Å². The topological polar surface area (TPSA) is 41.1 Å². The molecular weight excluding hydrogens is 320 g/mol. The molecule has 0 atom stereocenters. The molecule has 0 aliphatic rings. The Kier molecular flexibility index (Phi) is 5.21. The van der Waals surface area contributed by atoms with Crippen LogP contribution in [0.25, 0.3) is 11.3 Å². The van der Waals surface area contributed by atoms with E-state index in [1.165, 1.54) is 0 Å². The summed E-state index contributed by atoms with van der Waals surface area (Å²) in [5, 5.41) is 3.41. The Labute approximate surface area is 155 Å². The zero-order valence-corrected chi connectivity index (χ0v) is 15.9. The lowest BCUT2D eigenvalue weighted by molar-refractivity contribution is 0.626. The minimum absolute atomic E-state index is 0.115. The van der Waals surface area contributed by atoms with Crippen molar-refractivity contribution in [3.8, 4) is 11.3 Å². The summed E-state index contributed by atoms with van der Waals surface area (Å²) in [6, 6.07) is 22.6. The molecule has 1 N–H and O–H groups in total. The SMILES string of the molecule is CCN(c1ccccc1)c1cc(-c2ccccc2)nc(NC(C)(C)C)n1. The summed E-state index contributed by atoms with van der Waals surface area (Å²) in [6.45, 7) is 9.29. The van der Waals surface area contributed by atoms with Gasteiger partial charge in [-0.05, 0) is 39.8 Å². The summed E-state index contributed by atoms with van der Waals surface area (Å²) in [6.07, 6.45) is 0. The normalized spacial score (nSPS) is 11.2. The maximum absolute atomic E-state index is 4.80. The molecule has 0 radical (unpaired) electrons. The number of rotatable bonds is 5. The van der Waals surface area contributed by atoms with Gasteiger partial charge in [-0.1, -0.05) is 48.5 Å². The van der Waals surface area contributed by atoms with Crippen LogP contribution in [0.3, 0.4) is 0 Å². The smallest absolute Gasteiger partial charge is 0.225 e. The van der Waals surface area contributed by atoms with Crippen LogP contribution in [0.1, 0.15) is 27.7 Å². The first kappa shape index (κ1) is 17.9. The lowest BCUT2D eigenvalue weighted by atomic mass is 10.1. The Bertz CT molecular complexity index is 839. The fourth-order valence-corrected chi connectivity index (χ4v) is 2.81. The first-order valence-electron chi connectivity index (χ1n) is 9.01. The predicted octanol–water partition coefficient (Wildman–Crippen LogP) is 5.51. The number of hydrogen-bond acceptors (Lipinski definition) is 4. The van der Waals surface area contributed by atoms with Gasteiger partial charge in [0.25, 0.3) is 0 Å². The number of anilines is 3. The van der Waals surface area contributed by atoms with Gasteiger partial charge in [-0.25, -0.2) is 4.98 Å². The van der Waals surface area contributed by atoms with E-state index in [-0.39, 0.29) is 5.54 Å². The van der Waals surface area contributed by atoms with Crippen LogP contribution in [0, 0.1) is 0 Å². The van der Waals surface area contributed by atoms with Gasteiger partial charge in [0.1, 0.15) is 5.82 Å². The van der Waals surface area contributed by atoms with E-state index in [1.807, 2.05) is 36.4 Å². The van der Waals surface area contributed by atoms with Gasteiger partial charge in [0, 0.05) is 29.4 Å². The molecule has 0 aliphatic carbocycles. The summed E-state index contributed by atoms with van der Waals surface area (Å²) in [5.41, 5.74) is 3.00. The third-order valence-corrected chi connectivity index (χ3v) is 3.93. The zero-order chi connectivity index (χ0) is 18.6. The van der Waals surface area contributed by atoms with E-state index in [9.17, 15) is 0 Å². The molecule has 26 heavy (non-hydrogen) atoms. The van der Waals surface area contributed by atoms with Gasteiger partial charge >= 0.3 is 0 Å². The van der Waals surface area contributed by atoms with Crippen molar-refractivity contribution >= 4 is 17.5 Å². The van der Waals surface area contributed by atoms with Crippen molar-refractivity contribution in [2.24, 2.45) is 0 Å². The van der Waals surface area contributed by atoms with E-state index in [0.717, 1.165) is 29.3 Å². The monoisotopic (exact) mass is 346 g/mol. The van der Waals surface area contributed by atoms with Gasteiger partial charge in [-0.2, -0.15) is 4.98 Å². The number of benzene rings is 2. The quantitative estimate of drug-likeness (QED) is 0.661. The highest BCUT2D eigenvalue weighted by Gasteiger charge is 2.16. The van der Waals surface area contributed by atoms with Gasteiger partial charge in [0.15, 0.2) is 0 Å². The van der Waals surface area contributed by atoms with E-state index >= 15 is 0 Å². The standard InChI is InChI=1S/C22H26N4/c1-5-26(18-14-10-7-11-15-18)20-16-19(17-12-8-6-9-13-17)23-21(24-20)25-22(2,3)4/h6-16H,5H2,1-4H3,(H,23,24,25). The van der Waals surface area contributed by atoms with E-state index in [0.29, 0.717) is 5.95 Å². The average molecular weight is 346 g/mol. The van der Waals surface area contributed by atoms with Crippen LogP contribution in [0.15, 0.2) is 66.7 Å². The molecule has 1 heterocycles. The largest absolute Gasteiger partial charge is 0.350 e. The zero-order valence-electron chi connectivity index (χ0n) is 15.9. The molecule has 4 heteroatoms. The number of para-hydroxylation sites is 1. The predicted molar refractivity (Wildman–Crippen MR) is 110 cm³/mol. The minimum atomic E-state index is -0.115. The Hall–Kier alpha value is -2.88. The van der Waals surface area contributed by atoms with E-state index in [4.69, 9.17) is 9.97 Å². The fraction of sp³-hybridized carbons (Fsp3) is 0.273. The molecule has 1 aromatic heterocycles. The molecule has 0 unspecified atom stereocenters. The Morgan fingerprint density at radius 2 is 1.50 bits per heavy atom. The van der Waals surface area contributed by atoms with Crippen LogP contribution >= 0.6 is 0 Å². The third kappa shape index (κ3) is 4.39. The first-order valence-corrected chi connectivity index (χ1v) is 9.01. The molecule has 0 fully saturated rings. The van der Waals surface area contributed by atoms with Crippen molar-refractivity contribution in [3.05, 3.63) is 66.7 Å². The van der Waals surface area contributed by atoms with Crippen LogP contribution < -0.4 is 10.2 Å². The Morgan fingerprint density at radius 1 is 0.885 bits per heavy atom. The third-order valence-electron chi connectivity index (χ3n) is 3.93. The Morgan fingerprint density at radius 3 is 2.08 bits per heavy atom. The number of hydrogen-bond donors (Lipinski definition) is 1. The van der Waals surface area contributed by atoms with Crippen molar-refractivity contribution in [2.45, 2.75) is 33.2 Å². The summed E-state index contributed by atoms with van der Waals surface area (Å²) in [4.78, 5) is 11.7. The molecule has 0 saturated heterocycles. The second-order valence-corrected chi connectivity index (χ2v) is 7.26. The van der Waals surface area contributed by atoms with Crippen molar-refractivity contribution in [3.63, 3.8) is 0 Å². The molecule has 3 aromatic rings. The minimum Gasteiger partial charge on any atom is -0.350 e. The van der Waals surface area contributed by atoms with Gasteiger partial charge in [0.05, 0.1) is 5.69 Å². The highest BCUT2D eigenvalue weighted by atomic mass is 15.2. The van der Waals surface area contributed by atoms with Crippen molar-refractivity contribution in [1.29, 1.82) is 0 Å². The van der Waals surface area contributed by atoms with Crippen molar-refractivity contribution < 1.29 is 0 Å². The molecule has 0 bridgehead atoms. The molecule has 134 valence electrons. The number of nitrogens with zero attached hydrogens (tertiary/aromatic N) is 3. The molecular formula is C22H26N4. The van der Waals surface area contributed by atoms with Crippen LogP contribution in [0.4, 0.5) is 17.5 Å². The summed E-state index contributed by atoms with van der Waals surface area (Å²) >= 11 is 0. The maximum Gasteiger partial charge on any atom is 0.225 e. The van der Waals surface area contributed by atoms with Crippen molar-refractivity contribution in [2.75, 3.05) is 16.8 Å². The molecule has 2 aromatic carbocycles. The van der Waals surface area contributed by atoms with Crippen molar-refractivity contribution in [1.82, 2.24) is 9.97 Å². The summed E-state index contributed by atoms with van der Waals surface area (Å²) < 4.78 is 0. The second-order valence-electron chi connectivity index (χ2n) is 7.26. The van der Waals surface area contributed by atoms with E-state index < -0.39 is 0 Å². The molecule has 0 saturated carbocycles. The Balaban J connectivity index is 2.10. The van der Waals surface area contributed by atoms with Crippen LogP contribution in [0.5, 0.6) is 0 Å². The summed E-state index contributed by atoms with van der Waals surface area (Å²) in [7, 11) is 0. The molecule has 0 spiro atoms. The number of nitrogens with one attached hydrogen (secondary N) is 1. The van der Waals surface area contributed by atoms with Gasteiger partial charge in [-0.3, -0.25) is 0 Å². The first-order chi connectivity index (χ1) is 12.5. The van der Waals surface area contributed by atoms with Crippen LogP contribution in [-0.4, -0.2) is 22.1 Å². The number of aromatic nitrogens is 2. The molecule has 3 rings (SSSR count). The summed E-state index contributed by atoms with van der Waals surface area (Å²) in [5.74, 6) is 1.53. The van der Waals surface area contributed by atoms with Gasteiger partial charge in [-0.15, -0.1) is 0 Å². The van der Waals surface area contributed by atoms with E-state index in [1.54, 1.807) is 0 Å². The maximum atomic E-state index is 4.80. The molecule has 0 aliphatic heterocycles. The average Bonchev–Trinajstić information content (AvgIpc) is 2.62. The highest BCUT2D eigenvalue weighted by molar-refractivity contribution is 5.69. The van der Waals surface area contributed by atoms with Crippen LogP contribution in [-0.2, 0) is 0 Å². The van der Waals surface area contributed by atoms with Gasteiger partial charge in [0.2, 0.25) is 5.95 Å². The fourth-order valence-electron chi connectivity index (χ4n) is 2.81. The lowest BCUT2D eigenvalue weighted by Gasteiger charge is -2.25. The van der Waals surface area contributed by atoms with Crippen LogP contribution in [0.2, 0.25) is 0 Å². The highest BCUT2D eigenvalue weighted by Crippen LogP contribution is 2.28. The molecule has 4 nitrogen and oxygen atoms in total. The lowest BCUT2D eigenvalue weighted by Crippen LogP contribution is -2.28. The van der Waals surface area contributed by atoms with Gasteiger partial charge < -0.3 is 10.2 Å².